The van der Waals surface area contributed by atoms with Gasteiger partial charge in [0.15, 0.2) is 0 Å². The molecule has 6 nitrogen and oxygen atoms in total. The predicted octanol–water partition coefficient (Wildman–Crippen LogP) is 4.22. The molecule has 1 aromatic heterocycles. The lowest BCUT2D eigenvalue weighted by atomic mass is 10.1. The number of hydrogen-bond donors (Lipinski definition) is 1. The number of anilines is 1. The molecule has 1 amide bonds. The van der Waals surface area contributed by atoms with Crippen LogP contribution < -0.4 is 10.9 Å². The zero-order chi connectivity index (χ0) is 20.1. The summed E-state index contributed by atoms with van der Waals surface area (Å²) in [6.07, 6.45) is 0. The third-order valence-electron chi connectivity index (χ3n) is 3.92. The second-order valence-corrected chi connectivity index (χ2v) is 7.29. The Hall–Kier alpha value is -3.06. The second kappa shape index (κ2) is 8.75. The van der Waals surface area contributed by atoms with Gasteiger partial charge in [0.05, 0.1) is 5.56 Å². The molecule has 1 N–H and O–H groups in total. The van der Waals surface area contributed by atoms with Crippen molar-refractivity contribution in [2.75, 3.05) is 11.1 Å². The molecule has 144 valence electrons. The molecule has 0 unspecified atom stereocenters. The highest BCUT2D eigenvalue weighted by Crippen LogP contribution is 2.25. The molecule has 0 aliphatic heterocycles. The Labute approximate surface area is 165 Å². The Kier molecular flexibility index (Phi) is 6.16. The third kappa shape index (κ3) is 4.61. The molecule has 0 bridgehead atoms. The summed E-state index contributed by atoms with van der Waals surface area (Å²) < 4.78 is 10.7. The van der Waals surface area contributed by atoms with Crippen molar-refractivity contribution in [1.29, 1.82) is 0 Å². The van der Waals surface area contributed by atoms with Crippen molar-refractivity contribution in [3.8, 4) is 0 Å². The van der Waals surface area contributed by atoms with Crippen LogP contribution in [0.25, 0.3) is 11.0 Å². The van der Waals surface area contributed by atoms with Gasteiger partial charge in [-0.2, -0.15) is 0 Å². The number of ether oxygens (including phenoxy) is 1. The maximum Gasteiger partial charge on any atom is 0.339 e. The number of esters is 1. The van der Waals surface area contributed by atoms with Crippen LogP contribution in [0.2, 0.25) is 0 Å². The smallest absolute Gasteiger partial charge is 0.339 e. The number of rotatable bonds is 6. The Morgan fingerprint density at radius 2 is 1.93 bits per heavy atom. The number of carbonyl (C=O) groups excluding carboxylic acids is 2. The van der Waals surface area contributed by atoms with E-state index in [4.69, 9.17) is 9.15 Å². The number of hydrogen-bond acceptors (Lipinski definition) is 6. The van der Waals surface area contributed by atoms with Crippen LogP contribution in [-0.2, 0) is 16.1 Å². The van der Waals surface area contributed by atoms with Gasteiger partial charge in [-0.05, 0) is 30.0 Å². The number of carbonyl (C=O) groups is 2. The van der Waals surface area contributed by atoms with Gasteiger partial charge in [-0.1, -0.05) is 19.1 Å². The summed E-state index contributed by atoms with van der Waals surface area (Å²) in [5, 5.41) is 3.27. The van der Waals surface area contributed by atoms with Gasteiger partial charge in [0, 0.05) is 40.6 Å². The van der Waals surface area contributed by atoms with Crippen molar-refractivity contribution in [2.24, 2.45) is 0 Å². The standard InChI is InChI=1S/C21H19NO5S/c1-3-28-19-7-5-4-6-17(19)21(25)26-12-14-10-20(24)27-18-11-15(22-13(2)23)8-9-16(14)18/h4-11H,3,12H2,1-2H3,(H,22,23). The van der Waals surface area contributed by atoms with Crippen LogP contribution >= 0.6 is 11.8 Å². The van der Waals surface area contributed by atoms with Crippen molar-refractivity contribution >= 4 is 40.3 Å². The van der Waals surface area contributed by atoms with Crippen LogP contribution in [0.1, 0.15) is 29.8 Å². The highest BCUT2D eigenvalue weighted by atomic mass is 32.2. The summed E-state index contributed by atoms with van der Waals surface area (Å²) in [6, 6.07) is 13.5. The van der Waals surface area contributed by atoms with Gasteiger partial charge >= 0.3 is 11.6 Å². The second-order valence-electron chi connectivity index (χ2n) is 5.99. The minimum absolute atomic E-state index is 0.0639. The SMILES string of the molecule is CCSc1ccccc1C(=O)OCc1cc(=O)oc2cc(NC(C)=O)ccc12. The van der Waals surface area contributed by atoms with Crippen LogP contribution in [0.15, 0.2) is 62.6 Å². The van der Waals surface area contributed by atoms with E-state index in [1.807, 2.05) is 19.1 Å². The van der Waals surface area contributed by atoms with Gasteiger partial charge in [-0.25, -0.2) is 9.59 Å². The van der Waals surface area contributed by atoms with E-state index in [9.17, 15) is 14.4 Å². The highest BCUT2D eigenvalue weighted by Gasteiger charge is 2.14. The first-order valence-corrected chi connectivity index (χ1v) is 9.70. The summed E-state index contributed by atoms with van der Waals surface area (Å²) in [4.78, 5) is 36.5. The van der Waals surface area contributed by atoms with E-state index in [2.05, 4.69) is 5.32 Å². The van der Waals surface area contributed by atoms with E-state index >= 15 is 0 Å². The molecule has 7 heteroatoms. The van der Waals surface area contributed by atoms with Crippen molar-refractivity contribution in [3.05, 3.63) is 70.1 Å². The zero-order valence-corrected chi connectivity index (χ0v) is 16.3. The molecule has 0 fully saturated rings. The Balaban J connectivity index is 1.85. The molecular weight excluding hydrogens is 378 g/mol. The molecule has 1 heterocycles. The maximum absolute atomic E-state index is 12.5. The van der Waals surface area contributed by atoms with Crippen LogP contribution in [-0.4, -0.2) is 17.6 Å². The van der Waals surface area contributed by atoms with E-state index in [0.717, 1.165) is 10.6 Å². The van der Waals surface area contributed by atoms with Crippen molar-refractivity contribution in [2.45, 2.75) is 25.3 Å². The number of nitrogens with one attached hydrogen (secondary N) is 1. The highest BCUT2D eigenvalue weighted by molar-refractivity contribution is 7.99. The van der Waals surface area contributed by atoms with Crippen molar-refractivity contribution in [3.63, 3.8) is 0 Å². The molecule has 0 aliphatic rings. The fourth-order valence-corrected chi connectivity index (χ4v) is 3.56. The zero-order valence-electron chi connectivity index (χ0n) is 15.5. The Bertz CT molecular complexity index is 1090. The molecule has 0 spiro atoms. The van der Waals surface area contributed by atoms with Gasteiger partial charge in [0.2, 0.25) is 5.91 Å². The predicted molar refractivity (Wildman–Crippen MR) is 109 cm³/mol. The molecule has 0 atom stereocenters. The average Bonchev–Trinajstić information content (AvgIpc) is 2.65. The van der Waals surface area contributed by atoms with Gasteiger partial charge < -0.3 is 14.5 Å². The molecule has 3 rings (SSSR count). The first-order chi connectivity index (χ1) is 13.5. The van der Waals surface area contributed by atoms with Gasteiger partial charge in [-0.15, -0.1) is 11.8 Å². The fourth-order valence-electron chi connectivity index (χ4n) is 2.77. The summed E-state index contributed by atoms with van der Waals surface area (Å²) in [5.41, 5.74) is 1.30. The molecule has 0 radical (unpaired) electrons. The van der Waals surface area contributed by atoms with Crippen LogP contribution in [0.3, 0.4) is 0 Å². The number of benzene rings is 2. The molecule has 28 heavy (non-hydrogen) atoms. The molecule has 2 aromatic carbocycles. The first kappa shape index (κ1) is 19.7. The van der Waals surface area contributed by atoms with Crippen molar-refractivity contribution < 1.29 is 18.7 Å². The van der Waals surface area contributed by atoms with E-state index in [1.54, 1.807) is 42.1 Å². The number of fused-ring (bicyclic) bond motifs is 1. The quantitative estimate of drug-likeness (QED) is 0.381. The summed E-state index contributed by atoms with van der Waals surface area (Å²) in [6.45, 7) is 3.34. The van der Waals surface area contributed by atoms with Crippen LogP contribution in [0.4, 0.5) is 5.69 Å². The molecule has 0 saturated carbocycles. The number of thioether (sulfide) groups is 1. The first-order valence-electron chi connectivity index (χ1n) is 8.71. The van der Waals surface area contributed by atoms with E-state index < -0.39 is 11.6 Å². The Morgan fingerprint density at radius 1 is 1.14 bits per heavy atom. The topological polar surface area (TPSA) is 85.6 Å². The lowest BCUT2D eigenvalue weighted by Crippen LogP contribution is -2.09. The fraction of sp³-hybridized carbons (Fsp3) is 0.190. The normalized spacial score (nSPS) is 10.6. The molecule has 0 aliphatic carbocycles. The Morgan fingerprint density at radius 3 is 2.68 bits per heavy atom. The summed E-state index contributed by atoms with van der Waals surface area (Å²) in [5.74, 6) is 0.161. The minimum Gasteiger partial charge on any atom is -0.457 e. The summed E-state index contributed by atoms with van der Waals surface area (Å²) >= 11 is 1.56. The average molecular weight is 397 g/mol. The molecular formula is C21H19NO5S. The van der Waals surface area contributed by atoms with Crippen LogP contribution in [0, 0.1) is 0 Å². The van der Waals surface area contributed by atoms with Crippen molar-refractivity contribution in [1.82, 2.24) is 0 Å². The van der Waals surface area contributed by atoms with E-state index in [0.29, 0.717) is 27.8 Å². The summed E-state index contributed by atoms with van der Waals surface area (Å²) in [7, 11) is 0. The van der Waals surface area contributed by atoms with Crippen LogP contribution in [0.5, 0.6) is 0 Å². The van der Waals surface area contributed by atoms with Gasteiger partial charge in [0.25, 0.3) is 0 Å². The number of amides is 1. The lowest BCUT2D eigenvalue weighted by molar-refractivity contribution is -0.114. The lowest BCUT2D eigenvalue weighted by Gasteiger charge is -2.10. The third-order valence-corrected chi connectivity index (χ3v) is 4.87. The monoisotopic (exact) mass is 397 g/mol. The largest absolute Gasteiger partial charge is 0.457 e. The van der Waals surface area contributed by atoms with E-state index in [1.165, 1.54) is 13.0 Å². The molecule has 3 aromatic rings. The minimum atomic E-state index is -0.555. The maximum atomic E-state index is 12.5. The van der Waals surface area contributed by atoms with Gasteiger partial charge in [0.1, 0.15) is 12.2 Å². The van der Waals surface area contributed by atoms with E-state index in [-0.39, 0.29) is 12.5 Å². The molecule has 0 saturated heterocycles. The van der Waals surface area contributed by atoms with Gasteiger partial charge in [-0.3, -0.25) is 4.79 Å².